The summed E-state index contributed by atoms with van der Waals surface area (Å²) in [5.74, 6) is 0.0618. The van der Waals surface area contributed by atoms with Gasteiger partial charge in [-0.3, -0.25) is 4.79 Å². The minimum Gasteiger partial charge on any atom is -0.490 e. The second kappa shape index (κ2) is 10.9. The Labute approximate surface area is 209 Å². The molecule has 1 atom stereocenters. The first-order chi connectivity index (χ1) is 16.9. The first-order valence-electron chi connectivity index (χ1n) is 11.7. The number of esters is 1. The predicted octanol–water partition coefficient (Wildman–Crippen LogP) is 5.17. The summed E-state index contributed by atoms with van der Waals surface area (Å²) in [6.45, 7) is 4.40. The molecule has 0 saturated carbocycles. The van der Waals surface area contributed by atoms with Gasteiger partial charge >= 0.3 is 5.97 Å². The summed E-state index contributed by atoms with van der Waals surface area (Å²) < 4.78 is 22.9. The maximum atomic E-state index is 13.0. The highest BCUT2D eigenvalue weighted by molar-refractivity contribution is 6.31. The molecule has 0 fully saturated rings. The summed E-state index contributed by atoms with van der Waals surface area (Å²) >= 11 is 6.26. The number of Topliss-reactive ketones (excluding diaryl/α,β-unsaturated/α-hetero) is 1. The topological polar surface area (TPSA) is 97.1 Å². The van der Waals surface area contributed by atoms with Crippen molar-refractivity contribution < 1.29 is 28.5 Å². The molecule has 0 radical (unpaired) electrons. The second-order valence-corrected chi connectivity index (χ2v) is 8.57. The zero-order valence-corrected chi connectivity index (χ0v) is 20.5. The van der Waals surface area contributed by atoms with Crippen LogP contribution in [0, 0.1) is 0 Å². The molecule has 1 heterocycles. The Morgan fingerprint density at radius 2 is 1.89 bits per heavy atom. The molecular formula is C27H28ClNO6. The molecule has 0 aromatic heterocycles. The van der Waals surface area contributed by atoms with Crippen molar-refractivity contribution in [1.29, 1.82) is 0 Å². The van der Waals surface area contributed by atoms with E-state index in [-0.39, 0.29) is 30.5 Å². The number of halogens is 1. The van der Waals surface area contributed by atoms with Gasteiger partial charge in [0.2, 0.25) is 5.88 Å². The van der Waals surface area contributed by atoms with E-state index in [4.69, 9.17) is 36.3 Å². The molecule has 2 N–H and O–H groups in total. The van der Waals surface area contributed by atoms with Crippen LogP contribution in [-0.4, -0.2) is 25.0 Å². The Bertz CT molecular complexity index is 1200. The number of benzene rings is 2. The molecule has 0 bridgehead atoms. The molecule has 2 aromatic rings. The van der Waals surface area contributed by atoms with E-state index in [1.54, 1.807) is 31.2 Å². The second-order valence-electron chi connectivity index (χ2n) is 8.17. The lowest BCUT2D eigenvalue weighted by Crippen LogP contribution is -2.31. The van der Waals surface area contributed by atoms with Gasteiger partial charge in [0.25, 0.3) is 0 Å². The van der Waals surface area contributed by atoms with Gasteiger partial charge in [-0.15, -0.1) is 0 Å². The van der Waals surface area contributed by atoms with Gasteiger partial charge < -0.3 is 24.7 Å². The van der Waals surface area contributed by atoms with Gasteiger partial charge in [-0.05, 0) is 44.0 Å². The van der Waals surface area contributed by atoms with Crippen LogP contribution in [0.15, 0.2) is 65.3 Å². The quantitative estimate of drug-likeness (QED) is 0.502. The van der Waals surface area contributed by atoms with Crippen LogP contribution in [-0.2, 0) is 25.7 Å². The summed E-state index contributed by atoms with van der Waals surface area (Å²) in [5.41, 5.74) is 8.25. The normalized spacial score (nSPS) is 17.6. The number of allylic oxidation sites excluding steroid dienone is 2. The van der Waals surface area contributed by atoms with E-state index >= 15 is 0 Å². The van der Waals surface area contributed by atoms with Crippen LogP contribution in [0.4, 0.5) is 0 Å². The van der Waals surface area contributed by atoms with E-state index in [0.717, 1.165) is 5.56 Å². The zero-order chi connectivity index (χ0) is 24.9. The minimum absolute atomic E-state index is 0.0427. The monoisotopic (exact) mass is 497 g/mol. The summed E-state index contributed by atoms with van der Waals surface area (Å²) in [4.78, 5) is 25.9. The van der Waals surface area contributed by atoms with Crippen molar-refractivity contribution in [2.45, 2.75) is 45.6 Å². The van der Waals surface area contributed by atoms with Gasteiger partial charge in [0.1, 0.15) is 17.9 Å². The lowest BCUT2D eigenvalue weighted by atomic mass is 9.77. The van der Waals surface area contributed by atoms with E-state index in [0.29, 0.717) is 59.3 Å². The maximum absolute atomic E-state index is 13.0. The number of carbonyl (C=O) groups excluding carboxylic acids is 2. The van der Waals surface area contributed by atoms with Crippen LogP contribution in [0.25, 0.3) is 0 Å². The predicted molar refractivity (Wildman–Crippen MR) is 131 cm³/mol. The Morgan fingerprint density at radius 3 is 2.63 bits per heavy atom. The molecule has 7 nitrogen and oxygen atoms in total. The third-order valence-electron chi connectivity index (χ3n) is 5.92. The van der Waals surface area contributed by atoms with Gasteiger partial charge in [-0.2, -0.15) is 0 Å². The van der Waals surface area contributed by atoms with Gasteiger partial charge in [-0.1, -0.05) is 35.9 Å². The summed E-state index contributed by atoms with van der Waals surface area (Å²) in [5, 5.41) is 0.610. The van der Waals surface area contributed by atoms with Crippen LogP contribution >= 0.6 is 11.6 Å². The SMILES string of the molecule is CCOC(=O)C1=C(N)OC2=C(C(=O)CCC2)[C@H]1c1ccc(OCc2ccccc2Cl)c(OCC)c1. The molecule has 0 spiro atoms. The van der Waals surface area contributed by atoms with E-state index in [9.17, 15) is 9.59 Å². The van der Waals surface area contributed by atoms with Gasteiger partial charge in [-0.25, -0.2) is 4.79 Å². The number of ether oxygens (including phenoxy) is 4. The van der Waals surface area contributed by atoms with Crippen molar-refractivity contribution in [2.24, 2.45) is 5.73 Å². The molecule has 1 aliphatic carbocycles. The third kappa shape index (κ3) is 5.15. The molecule has 2 aromatic carbocycles. The van der Waals surface area contributed by atoms with Crippen molar-refractivity contribution in [3.8, 4) is 11.5 Å². The molecule has 4 rings (SSSR count). The first-order valence-corrected chi connectivity index (χ1v) is 12.1. The lowest BCUT2D eigenvalue weighted by molar-refractivity contribution is -0.139. The van der Waals surface area contributed by atoms with Gasteiger partial charge in [0.15, 0.2) is 17.3 Å². The largest absolute Gasteiger partial charge is 0.490 e. The Balaban J connectivity index is 1.74. The fourth-order valence-electron chi connectivity index (χ4n) is 4.36. The summed E-state index contributed by atoms with van der Waals surface area (Å²) in [6.07, 6.45) is 1.63. The van der Waals surface area contributed by atoms with E-state index in [2.05, 4.69) is 0 Å². The number of ketones is 1. The first kappa shape index (κ1) is 24.7. The third-order valence-corrected chi connectivity index (χ3v) is 6.29. The molecule has 8 heteroatoms. The highest BCUT2D eigenvalue weighted by Crippen LogP contribution is 2.45. The number of nitrogens with two attached hydrogens (primary N) is 1. The van der Waals surface area contributed by atoms with Crippen molar-refractivity contribution in [3.05, 3.63) is 81.4 Å². The van der Waals surface area contributed by atoms with Crippen molar-refractivity contribution in [1.82, 2.24) is 0 Å². The number of carbonyl (C=O) groups is 2. The van der Waals surface area contributed by atoms with Crippen molar-refractivity contribution in [2.75, 3.05) is 13.2 Å². The van der Waals surface area contributed by atoms with Crippen LogP contribution < -0.4 is 15.2 Å². The van der Waals surface area contributed by atoms with Gasteiger partial charge in [0, 0.05) is 29.0 Å². The Hall–Kier alpha value is -3.45. The molecule has 1 aliphatic heterocycles. The standard InChI is InChI=1S/C27H28ClNO6/c1-3-32-22-14-16(12-13-20(22)34-15-17-8-5-6-9-18(17)28)23-24-19(30)10-7-11-21(24)35-26(29)25(23)27(31)33-4-2/h5-6,8-9,12-14,23H,3-4,7,10-11,15,29H2,1-2H3/t23-/m1/s1. The van der Waals surface area contributed by atoms with Crippen LogP contribution in [0.5, 0.6) is 11.5 Å². The smallest absolute Gasteiger partial charge is 0.340 e. The molecule has 184 valence electrons. The molecule has 35 heavy (non-hydrogen) atoms. The van der Waals surface area contributed by atoms with E-state index < -0.39 is 11.9 Å². The van der Waals surface area contributed by atoms with Crippen LogP contribution in [0.3, 0.4) is 0 Å². The number of hydrogen-bond donors (Lipinski definition) is 1. The Morgan fingerprint density at radius 1 is 1.09 bits per heavy atom. The van der Waals surface area contributed by atoms with E-state index in [1.807, 2.05) is 25.1 Å². The highest BCUT2D eigenvalue weighted by Gasteiger charge is 2.41. The van der Waals surface area contributed by atoms with Gasteiger partial charge in [0.05, 0.1) is 19.1 Å². The Kier molecular flexibility index (Phi) is 7.66. The fourth-order valence-corrected chi connectivity index (χ4v) is 4.55. The molecular weight excluding hydrogens is 470 g/mol. The number of hydrogen-bond acceptors (Lipinski definition) is 7. The average Bonchev–Trinajstić information content (AvgIpc) is 2.83. The van der Waals surface area contributed by atoms with Crippen LogP contribution in [0.1, 0.15) is 50.2 Å². The molecule has 0 amide bonds. The fraction of sp³-hybridized carbons (Fsp3) is 0.333. The highest BCUT2D eigenvalue weighted by atomic mass is 35.5. The molecule has 2 aliphatic rings. The lowest BCUT2D eigenvalue weighted by Gasteiger charge is -2.32. The summed E-state index contributed by atoms with van der Waals surface area (Å²) in [6, 6.07) is 12.8. The van der Waals surface area contributed by atoms with Crippen LogP contribution in [0.2, 0.25) is 5.02 Å². The maximum Gasteiger partial charge on any atom is 0.340 e. The van der Waals surface area contributed by atoms with Crippen molar-refractivity contribution >= 4 is 23.4 Å². The van der Waals surface area contributed by atoms with E-state index in [1.165, 1.54) is 0 Å². The number of rotatable bonds is 8. The minimum atomic E-state index is -0.720. The molecule has 0 unspecified atom stereocenters. The zero-order valence-electron chi connectivity index (χ0n) is 19.8. The van der Waals surface area contributed by atoms with Crippen molar-refractivity contribution in [3.63, 3.8) is 0 Å². The molecule has 0 saturated heterocycles. The summed E-state index contributed by atoms with van der Waals surface area (Å²) in [7, 11) is 0. The average molecular weight is 498 g/mol.